The van der Waals surface area contributed by atoms with Gasteiger partial charge in [-0.3, -0.25) is 4.79 Å². The van der Waals surface area contributed by atoms with E-state index in [9.17, 15) is 4.79 Å². The summed E-state index contributed by atoms with van der Waals surface area (Å²) in [5.41, 5.74) is -0.353. The number of hydrogen-bond donors (Lipinski definition) is 0. The predicted molar refractivity (Wildman–Crippen MR) is 77.5 cm³/mol. The summed E-state index contributed by atoms with van der Waals surface area (Å²) in [7, 11) is 0. The van der Waals surface area contributed by atoms with Crippen molar-refractivity contribution in [1.82, 2.24) is 0 Å². The lowest BCUT2D eigenvalue weighted by atomic mass is 9.84. The van der Waals surface area contributed by atoms with Gasteiger partial charge in [-0.25, -0.2) is 0 Å². The molecule has 0 N–H and O–H groups in total. The summed E-state index contributed by atoms with van der Waals surface area (Å²) >= 11 is 4.10. The second-order valence-electron chi connectivity index (χ2n) is 5.25. The zero-order valence-corrected chi connectivity index (χ0v) is 13.0. The molecule has 2 nitrogen and oxygen atoms in total. The lowest BCUT2D eigenvalue weighted by Crippen LogP contribution is -2.31. The molecule has 0 amide bonds. The van der Waals surface area contributed by atoms with Crippen molar-refractivity contribution in [3.8, 4) is 0 Å². The Hall–Kier alpha value is 0.170. The molecular formula is C13H24O2S2. The summed E-state index contributed by atoms with van der Waals surface area (Å²) in [6.07, 6.45) is 2.23. The molecule has 1 atom stereocenters. The highest BCUT2D eigenvalue weighted by Crippen LogP contribution is 2.40. The highest BCUT2D eigenvalue weighted by atomic mass is 32.2. The molecule has 1 fully saturated rings. The van der Waals surface area contributed by atoms with Crippen molar-refractivity contribution in [2.75, 3.05) is 18.1 Å². The van der Waals surface area contributed by atoms with Crippen LogP contribution < -0.4 is 0 Å². The maximum absolute atomic E-state index is 11.8. The second-order valence-corrected chi connectivity index (χ2v) is 8.05. The van der Waals surface area contributed by atoms with Crippen LogP contribution in [0.1, 0.15) is 40.5 Å². The Morgan fingerprint density at radius 1 is 1.41 bits per heavy atom. The van der Waals surface area contributed by atoms with Gasteiger partial charge in [0, 0.05) is 0 Å². The van der Waals surface area contributed by atoms with E-state index in [1.807, 2.05) is 44.3 Å². The highest BCUT2D eigenvalue weighted by molar-refractivity contribution is 8.17. The lowest BCUT2D eigenvalue weighted by molar-refractivity contribution is -0.154. The van der Waals surface area contributed by atoms with Crippen molar-refractivity contribution < 1.29 is 9.53 Å². The minimum Gasteiger partial charge on any atom is -0.466 e. The van der Waals surface area contributed by atoms with Crippen molar-refractivity contribution in [3.05, 3.63) is 0 Å². The number of rotatable bonds is 5. The molecule has 1 rings (SSSR count). The largest absolute Gasteiger partial charge is 0.466 e. The van der Waals surface area contributed by atoms with Crippen LogP contribution in [0.3, 0.4) is 0 Å². The molecule has 17 heavy (non-hydrogen) atoms. The Kier molecular flexibility index (Phi) is 6.21. The van der Waals surface area contributed by atoms with Crippen LogP contribution in [0.25, 0.3) is 0 Å². The molecule has 0 aromatic rings. The fourth-order valence-corrected chi connectivity index (χ4v) is 5.23. The van der Waals surface area contributed by atoms with Crippen LogP contribution in [0.15, 0.2) is 0 Å². The van der Waals surface area contributed by atoms with Gasteiger partial charge in [0.1, 0.15) is 0 Å². The van der Waals surface area contributed by atoms with Gasteiger partial charge in [0.2, 0.25) is 0 Å². The standard InChI is InChI=1S/C13H24O2S2/c1-5-15-12(14)13(3,4)9-10(2)11-16-7-6-8-17-11/h10-11H,5-9H2,1-4H3/t10-/m1/s1. The molecule has 0 saturated carbocycles. The molecule has 1 heterocycles. The second kappa shape index (κ2) is 6.93. The quantitative estimate of drug-likeness (QED) is 0.714. The topological polar surface area (TPSA) is 26.3 Å². The third kappa shape index (κ3) is 4.74. The Morgan fingerprint density at radius 3 is 2.53 bits per heavy atom. The van der Waals surface area contributed by atoms with Crippen molar-refractivity contribution >= 4 is 29.5 Å². The molecule has 0 aromatic heterocycles. The molecule has 4 heteroatoms. The summed E-state index contributed by atoms with van der Waals surface area (Å²) in [5.74, 6) is 3.03. The van der Waals surface area contributed by atoms with Crippen LogP contribution >= 0.6 is 23.5 Å². The van der Waals surface area contributed by atoms with Gasteiger partial charge in [0.25, 0.3) is 0 Å². The third-order valence-corrected chi connectivity index (χ3v) is 6.43. The van der Waals surface area contributed by atoms with Gasteiger partial charge in [-0.05, 0) is 51.0 Å². The Bertz CT molecular complexity index is 248. The molecule has 100 valence electrons. The van der Waals surface area contributed by atoms with Gasteiger partial charge in [-0.1, -0.05) is 6.92 Å². The number of carbonyl (C=O) groups excluding carboxylic acids is 1. The van der Waals surface area contributed by atoms with Crippen molar-refractivity contribution in [1.29, 1.82) is 0 Å². The first-order valence-electron chi connectivity index (χ1n) is 6.38. The molecule has 0 aliphatic carbocycles. The van der Waals surface area contributed by atoms with E-state index in [1.165, 1.54) is 17.9 Å². The molecule has 0 spiro atoms. The highest BCUT2D eigenvalue weighted by Gasteiger charge is 2.34. The third-order valence-electron chi connectivity index (χ3n) is 2.98. The van der Waals surface area contributed by atoms with Crippen LogP contribution in [0.4, 0.5) is 0 Å². The monoisotopic (exact) mass is 276 g/mol. The first kappa shape index (κ1) is 15.2. The number of thioether (sulfide) groups is 2. The minimum absolute atomic E-state index is 0.0577. The van der Waals surface area contributed by atoms with Gasteiger partial charge in [0.05, 0.1) is 16.6 Å². The smallest absolute Gasteiger partial charge is 0.311 e. The minimum atomic E-state index is -0.353. The van der Waals surface area contributed by atoms with Crippen LogP contribution in [0.2, 0.25) is 0 Å². The van der Waals surface area contributed by atoms with E-state index < -0.39 is 0 Å². The van der Waals surface area contributed by atoms with E-state index >= 15 is 0 Å². The van der Waals surface area contributed by atoms with E-state index in [0.29, 0.717) is 17.1 Å². The predicted octanol–water partition coefficient (Wildman–Crippen LogP) is 3.80. The van der Waals surface area contributed by atoms with E-state index in [-0.39, 0.29) is 11.4 Å². The zero-order chi connectivity index (χ0) is 12.9. The molecule has 1 aliphatic heterocycles. The normalized spacial score (nSPS) is 20.0. The Morgan fingerprint density at radius 2 is 2.00 bits per heavy atom. The molecule has 0 unspecified atom stereocenters. The first-order valence-corrected chi connectivity index (χ1v) is 8.47. The van der Waals surface area contributed by atoms with E-state index in [1.54, 1.807) is 0 Å². The molecular weight excluding hydrogens is 252 g/mol. The van der Waals surface area contributed by atoms with E-state index in [0.717, 1.165) is 6.42 Å². The van der Waals surface area contributed by atoms with Gasteiger partial charge >= 0.3 is 5.97 Å². The Labute approximate surface area is 114 Å². The summed E-state index contributed by atoms with van der Waals surface area (Å²) < 4.78 is 5.79. The summed E-state index contributed by atoms with van der Waals surface area (Å²) in [6.45, 7) is 8.60. The van der Waals surface area contributed by atoms with Gasteiger partial charge in [-0.15, -0.1) is 23.5 Å². The van der Waals surface area contributed by atoms with Crippen LogP contribution in [0, 0.1) is 11.3 Å². The first-order chi connectivity index (χ1) is 7.97. The molecule has 1 aliphatic rings. The van der Waals surface area contributed by atoms with E-state index in [4.69, 9.17) is 4.74 Å². The SMILES string of the molecule is CCOC(=O)C(C)(C)C[C@@H](C)C1SCCCS1. The number of esters is 1. The maximum Gasteiger partial charge on any atom is 0.311 e. The maximum atomic E-state index is 11.8. The van der Waals surface area contributed by atoms with Crippen LogP contribution in [-0.4, -0.2) is 28.7 Å². The zero-order valence-electron chi connectivity index (χ0n) is 11.3. The molecule has 0 aromatic carbocycles. The molecule has 0 radical (unpaired) electrons. The van der Waals surface area contributed by atoms with Gasteiger partial charge < -0.3 is 4.74 Å². The molecule has 1 saturated heterocycles. The number of hydrogen-bond acceptors (Lipinski definition) is 4. The van der Waals surface area contributed by atoms with Gasteiger partial charge in [0.15, 0.2) is 0 Å². The average molecular weight is 276 g/mol. The van der Waals surface area contributed by atoms with E-state index in [2.05, 4.69) is 6.92 Å². The van der Waals surface area contributed by atoms with Crippen molar-refractivity contribution in [2.24, 2.45) is 11.3 Å². The van der Waals surface area contributed by atoms with Crippen molar-refractivity contribution in [3.63, 3.8) is 0 Å². The number of ether oxygens (including phenoxy) is 1. The fraction of sp³-hybridized carbons (Fsp3) is 0.923. The van der Waals surface area contributed by atoms with Gasteiger partial charge in [-0.2, -0.15) is 0 Å². The number of carbonyl (C=O) groups is 1. The van der Waals surface area contributed by atoms with Crippen LogP contribution in [0.5, 0.6) is 0 Å². The fourth-order valence-electron chi connectivity index (χ4n) is 2.15. The van der Waals surface area contributed by atoms with Crippen LogP contribution in [-0.2, 0) is 9.53 Å². The summed E-state index contributed by atoms with van der Waals surface area (Å²) in [5, 5.41) is 0. The summed E-state index contributed by atoms with van der Waals surface area (Å²) in [4.78, 5) is 11.8. The van der Waals surface area contributed by atoms with Crippen molar-refractivity contribution in [2.45, 2.75) is 45.1 Å². The Balaban J connectivity index is 2.47. The lowest BCUT2D eigenvalue weighted by Gasteiger charge is -2.32. The summed E-state index contributed by atoms with van der Waals surface area (Å²) in [6, 6.07) is 0. The molecule has 0 bridgehead atoms. The average Bonchev–Trinajstić information content (AvgIpc) is 2.30.